The molecule has 1 unspecified atom stereocenters. The second-order valence-corrected chi connectivity index (χ2v) is 8.75. The second kappa shape index (κ2) is 5.64. The first-order valence-electron chi connectivity index (χ1n) is 3.84. The highest BCUT2D eigenvalue weighted by Crippen LogP contribution is 2.65. The molecule has 11 heteroatoms. The van der Waals surface area contributed by atoms with E-state index in [2.05, 4.69) is 4.74 Å². The summed E-state index contributed by atoms with van der Waals surface area (Å²) >= 11 is 0.190. The van der Waals surface area contributed by atoms with Gasteiger partial charge in [-0.05, 0) is 6.92 Å². The lowest BCUT2D eigenvalue weighted by Crippen LogP contribution is -2.19. The largest absolute Gasteiger partial charge is 0.468 e. The summed E-state index contributed by atoms with van der Waals surface area (Å²) in [6, 6.07) is 0. The molecular weight excluding hydrogens is 282 g/mol. The lowest BCUT2D eigenvalue weighted by atomic mass is 10.5. The summed E-state index contributed by atoms with van der Waals surface area (Å²) in [5.74, 6) is -0.822. The molecule has 0 radical (unpaired) electrons. The maximum absolute atomic E-state index is 11.0. The topological polar surface area (TPSA) is 141 Å². The van der Waals surface area contributed by atoms with E-state index in [1.807, 2.05) is 0 Å². The Labute approximate surface area is 95.7 Å². The fourth-order valence-corrected chi connectivity index (χ4v) is 5.26. The summed E-state index contributed by atoms with van der Waals surface area (Å²) < 4.78 is 23.7. The summed E-state index contributed by atoms with van der Waals surface area (Å²) in [5, 5.41) is -1.09. The van der Waals surface area contributed by atoms with Gasteiger partial charge in [0.05, 0.1) is 7.11 Å². The van der Waals surface area contributed by atoms with Gasteiger partial charge in [0.1, 0.15) is 5.25 Å². The van der Waals surface area contributed by atoms with Crippen LogP contribution in [0.2, 0.25) is 0 Å². The van der Waals surface area contributed by atoms with Gasteiger partial charge in [-0.15, -0.1) is 11.8 Å². The summed E-state index contributed by atoms with van der Waals surface area (Å²) in [6.45, 7) is 1.23. The van der Waals surface area contributed by atoms with Gasteiger partial charge in [0.15, 0.2) is 0 Å². The van der Waals surface area contributed by atoms with Crippen LogP contribution >= 0.6 is 27.0 Å². The first-order chi connectivity index (χ1) is 7.00. The fourth-order valence-electron chi connectivity index (χ4n) is 0.759. The smallest absolute Gasteiger partial charge is 0.350 e. The van der Waals surface area contributed by atoms with Crippen LogP contribution in [-0.2, 0) is 18.7 Å². The van der Waals surface area contributed by atoms with Gasteiger partial charge < -0.3 is 24.3 Å². The van der Waals surface area contributed by atoms with E-state index in [1.54, 1.807) is 0 Å². The molecule has 0 bridgehead atoms. The van der Waals surface area contributed by atoms with Gasteiger partial charge >= 0.3 is 21.2 Å². The van der Waals surface area contributed by atoms with E-state index in [1.165, 1.54) is 6.92 Å². The number of esters is 1. The minimum absolute atomic E-state index is 0.190. The van der Waals surface area contributed by atoms with Gasteiger partial charge in [0.2, 0.25) is 4.73 Å². The number of methoxy groups -OCH3 is 1. The third-order valence-corrected chi connectivity index (χ3v) is 7.61. The molecule has 4 N–H and O–H groups in total. The first-order valence-corrected chi connectivity index (χ1v) is 8.14. The average molecular weight is 294 g/mol. The zero-order chi connectivity index (χ0) is 13.1. The van der Waals surface area contributed by atoms with Crippen molar-refractivity contribution in [3.63, 3.8) is 0 Å². The average Bonchev–Trinajstić information content (AvgIpc) is 2.08. The van der Waals surface area contributed by atoms with Crippen molar-refractivity contribution >= 4 is 32.9 Å². The number of carbonyl (C=O) groups is 1. The highest BCUT2D eigenvalue weighted by atomic mass is 32.2. The molecule has 0 saturated heterocycles. The predicted octanol–water partition coefficient (Wildman–Crippen LogP) is -0.0799. The van der Waals surface area contributed by atoms with Gasteiger partial charge in [-0.25, -0.2) is 0 Å². The molecular formula is C5H12O8P2S. The van der Waals surface area contributed by atoms with Gasteiger partial charge in [-0.3, -0.25) is 13.9 Å². The minimum atomic E-state index is -5.01. The van der Waals surface area contributed by atoms with Crippen molar-refractivity contribution < 1.29 is 38.2 Å². The number of ether oxygens (including phenoxy) is 1. The molecule has 0 saturated carbocycles. The maximum atomic E-state index is 11.0. The second-order valence-electron chi connectivity index (χ2n) is 2.81. The summed E-state index contributed by atoms with van der Waals surface area (Å²) in [5.41, 5.74) is 0. The molecule has 1 atom stereocenters. The monoisotopic (exact) mass is 294 g/mol. The predicted molar refractivity (Wildman–Crippen MR) is 56.9 cm³/mol. The van der Waals surface area contributed by atoms with E-state index < -0.39 is 31.1 Å². The quantitative estimate of drug-likeness (QED) is 0.404. The van der Waals surface area contributed by atoms with Crippen LogP contribution in [0.15, 0.2) is 0 Å². The van der Waals surface area contributed by atoms with Crippen LogP contribution < -0.4 is 0 Å². The highest BCUT2D eigenvalue weighted by Gasteiger charge is 2.45. The number of hydrogen-bond acceptors (Lipinski definition) is 5. The van der Waals surface area contributed by atoms with E-state index in [-0.39, 0.29) is 11.8 Å². The molecule has 96 valence electrons. The lowest BCUT2D eigenvalue weighted by Gasteiger charge is -2.21. The van der Waals surface area contributed by atoms with Crippen molar-refractivity contribution in [1.82, 2.24) is 0 Å². The Morgan fingerprint density at radius 2 is 1.56 bits per heavy atom. The molecule has 16 heavy (non-hydrogen) atoms. The van der Waals surface area contributed by atoms with Gasteiger partial charge in [0.25, 0.3) is 0 Å². The van der Waals surface area contributed by atoms with E-state index in [0.29, 0.717) is 0 Å². The van der Waals surface area contributed by atoms with E-state index in [9.17, 15) is 13.9 Å². The molecule has 0 amide bonds. The van der Waals surface area contributed by atoms with Crippen LogP contribution in [0.4, 0.5) is 0 Å². The number of hydrogen-bond donors (Lipinski definition) is 4. The van der Waals surface area contributed by atoms with Crippen LogP contribution in [0, 0.1) is 0 Å². The van der Waals surface area contributed by atoms with Crippen LogP contribution in [0.25, 0.3) is 0 Å². The van der Waals surface area contributed by atoms with E-state index in [0.717, 1.165) is 7.11 Å². The highest BCUT2D eigenvalue weighted by molar-refractivity contribution is 8.13. The molecule has 8 nitrogen and oxygen atoms in total. The third kappa shape index (κ3) is 4.97. The van der Waals surface area contributed by atoms with E-state index >= 15 is 0 Å². The SMILES string of the molecule is COC(=O)C(C)SC(P(=O)(O)O)P(=O)(O)O. The Morgan fingerprint density at radius 3 is 1.81 bits per heavy atom. The molecule has 0 aromatic rings. The Hall–Kier alpha value is 0.120. The van der Waals surface area contributed by atoms with E-state index in [4.69, 9.17) is 19.6 Å². The van der Waals surface area contributed by atoms with Gasteiger partial charge in [0, 0.05) is 0 Å². The Balaban J connectivity index is 4.92. The van der Waals surface area contributed by atoms with Crippen LogP contribution in [0.3, 0.4) is 0 Å². The number of rotatable bonds is 5. The molecule has 0 fully saturated rings. The molecule has 0 rings (SSSR count). The standard InChI is InChI=1S/C5H12O8P2S/c1-3(4(6)13-2)16-5(14(7,8)9)15(10,11)12/h3,5H,1-2H3,(H2,7,8,9)(H2,10,11,12). The van der Waals surface area contributed by atoms with Crippen LogP contribution in [0.1, 0.15) is 6.92 Å². The zero-order valence-corrected chi connectivity index (χ0v) is 11.0. The zero-order valence-electron chi connectivity index (χ0n) is 8.38. The van der Waals surface area contributed by atoms with Gasteiger partial charge in [-0.2, -0.15) is 0 Å². The number of thioether (sulfide) groups is 1. The van der Waals surface area contributed by atoms with Crippen molar-refractivity contribution in [1.29, 1.82) is 0 Å². The van der Waals surface area contributed by atoms with Crippen molar-refractivity contribution in [3.05, 3.63) is 0 Å². The Kier molecular flexibility index (Phi) is 5.68. The first kappa shape index (κ1) is 16.1. The maximum Gasteiger partial charge on any atom is 0.350 e. The molecule has 0 aromatic heterocycles. The number of carbonyl (C=O) groups excluding carboxylic acids is 1. The molecule has 0 aliphatic rings. The van der Waals surface area contributed by atoms with Gasteiger partial charge in [-0.1, -0.05) is 0 Å². The lowest BCUT2D eigenvalue weighted by molar-refractivity contribution is -0.139. The summed E-state index contributed by atoms with van der Waals surface area (Å²) in [4.78, 5) is 46.0. The fraction of sp³-hybridized carbons (Fsp3) is 0.800. The third-order valence-electron chi connectivity index (χ3n) is 1.43. The summed E-state index contributed by atoms with van der Waals surface area (Å²) in [6.07, 6.45) is 0. The molecule has 0 aromatic carbocycles. The Morgan fingerprint density at radius 1 is 1.19 bits per heavy atom. The normalized spacial score (nSPS) is 14.9. The molecule has 0 aliphatic heterocycles. The summed E-state index contributed by atoms with van der Waals surface area (Å²) in [7, 11) is -8.96. The molecule has 0 aliphatic carbocycles. The minimum Gasteiger partial charge on any atom is -0.468 e. The Bertz CT molecular complexity index is 322. The van der Waals surface area contributed by atoms with Crippen molar-refractivity contribution in [2.24, 2.45) is 0 Å². The van der Waals surface area contributed by atoms with Crippen LogP contribution in [-0.4, -0.2) is 42.6 Å². The molecule has 0 spiro atoms. The van der Waals surface area contributed by atoms with Crippen molar-refractivity contribution in [2.45, 2.75) is 16.9 Å². The van der Waals surface area contributed by atoms with Crippen LogP contribution in [0.5, 0.6) is 0 Å². The van der Waals surface area contributed by atoms with Crippen molar-refractivity contribution in [3.8, 4) is 0 Å². The molecule has 0 heterocycles. The van der Waals surface area contributed by atoms with Crippen molar-refractivity contribution in [2.75, 3.05) is 7.11 Å².